The summed E-state index contributed by atoms with van der Waals surface area (Å²) in [7, 11) is 0. The van der Waals surface area contributed by atoms with E-state index in [1.807, 2.05) is 31.2 Å². The predicted octanol–water partition coefficient (Wildman–Crippen LogP) is 4.52. The molecule has 0 bridgehead atoms. The Hall–Kier alpha value is -0.540. The first-order chi connectivity index (χ1) is 8.72. The van der Waals surface area contributed by atoms with Crippen molar-refractivity contribution in [3.63, 3.8) is 0 Å². The second kappa shape index (κ2) is 9.40. The van der Waals surface area contributed by atoms with E-state index in [2.05, 4.69) is 12.6 Å². The Balaban J connectivity index is 2.11. The molecule has 0 heterocycles. The molecule has 0 saturated carbocycles. The second-order valence-corrected chi connectivity index (χ2v) is 5.49. The van der Waals surface area contributed by atoms with E-state index in [9.17, 15) is 0 Å². The normalized spacial score (nSPS) is 12.2. The number of ether oxygens (including phenoxy) is 2. The maximum Gasteiger partial charge on any atom is 0.119 e. The van der Waals surface area contributed by atoms with Crippen molar-refractivity contribution >= 4 is 24.2 Å². The molecular weight excluding hydrogens is 268 g/mol. The first kappa shape index (κ1) is 15.5. The quantitative estimate of drug-likeness (QED) is 0.409. The van der Waals surface area contributed by atoms with Crippen molar-refractivity contribution in [2.75, 3.05) is 13.2 Å². The van der Waals surface area contributed by atoms with Gasteiger partial charge in [0.05, 0.1) is 17.9 Å². The van der Waals surface area contributed by atoms with Gasteiger partial charge in [-0.05, 0) is 50.5 Å². The molecule has 102 valence electrons. The summed E-state index contributed by atoms with van der Waals surface area (Å²) in [6.45, 7) is 3.40. The predicted molar refractivity (Wildman–Crippen MR) is 80.2 cm³/mol. The minimum Gasteiger partial charge on any atom is -0.494 e. The molecule has 0 aliphatic rings. The number of alkyl halides is 1. The lowest BCUT2D eigenvalue weighted by molar-refractivity contribution is 0.303. The van der Waals surface area contributed by atoms with Crippen LogP contribution in [0.5, 0.6) is 11.5 Å². The van der Waals surface area contributed by atoms with Crippen LogP contribution in [0.3, 0.4) is 0 Å². The SMILES string of the molecule is CCOc1ccc(OCCCCCC(S)Cl)cc1. The van der Waals surface area contributed by atoms with Crippen LogP contribution in [0.1, 0.15) is 32.6 Å². The lowest BCUT2D eigenvalue weighted by Gasteiger charge is -2.08. The maximum absolute atomic E-state index is 5.75. The summed E-state index contributed by atoms with van der Waals surface area (Å²) < 4.78 is 11.0. The molecule has 1 aromatic carbocycles. The van der Waals surface area contributed by atoms with Gasteiger partial charge in [0.15, 0.2) is 0 Å². The molecule has 18 heavy (non-hydrogen) atoms. The fourth-order valence-corrected chi connectivity index (χ4v) is 1.92. The molecule has 1 unspecified atom stereocenters. The van der Waals surface area contributed by atoms with Crippen LogP contribution in [0.25, 0.3) is 0 Å². The third kappa shape index (κ3) is 7.02. The Morgan fingerprint density at radius 2 is 1.67 bits per heavy atom. The number of hydrogen-bond acceptors (Lipinski definition) is 3. The molecule has 0 amide bonds. The van der Waals surface area contributed by atoms with Crippen molar-refractivity contribution in [2.24, 2.45) is 0 Å². The molecule has 0 fully saturated rings. The van der Waals surface area contributed by atoms with E-state index in [0.717, 1.165) is 43.8 Å². The number of halogens is 1. The second-order valence-electron chi connectivity index (χ2n) is 4.04. The third-order valence-electron chi connectivity index (χ3n) is 2.49. The van der Waals surface area contributed by atoms with Gasteiger partial charge in [-0.1, -0.05) is 6.42 Å². The summed E-state index contributed by atoms with van der Waals surface area (Å²) in [5, 5.41) is 0. The molecule has 0 N–H and O–H groups in total. The number of hydrogen-bond donors (Lipinski definition) is 1. The Morgan fingerprint density at radius 3 is 2.22 bits per heavy atom. The van der Waals surface area contributed by atoms with Gasteiger partial charge in [0.25, 0.3) is 0 Å². The molecule has 0 aromatic heterocycles. The van der Waals surface area contributed by atoms with Gasteiger partial charge in [-0.15, -0.1) is 11.6 Å². The number of benzene rings is 1. The van der Waals surface area contributed by atoms with Crippen LogP contribution < -0.4 is 9.47 Å². The number of unbranched alkanes of at least 4 members (excludes halogenated alkanes) is 2. The van der Waals surface area contributed by atoms with Crippen molar-refractivity contribution in [3.05, 3.63) is 24.3 Å². The van der Waals surface area contributed by atoms with E-state index in [-0.39, 0.29) is 4.71 Å². The number of thiol groups is 1. The van der Waals surface area contributed by atoms with Crippen LogP contribution >= 0.6 is 24.2 Å². The zero-order valence-electron chi connectivity index (χ0n) is 10.8. The first-order valence-electron chi connectivity index (χ1n) is 6.40. The molecule has 2 nitrogen and oxygen atoms in total. The summed E-state index contributed by atoms with van der Waals surface area (Å²) in [6, 6.07) is 7.73. The Bertz CT molecular complexity index is 314. The van der Waals surface area contributed by atoms with Crippen LogP contribution in [0, 0.1) is 0 Å². The van der Waals surface area contributed by atoms with Gasteiger partial charge in [-0.25, -0.2) is 0 Å². The average Bonchev–Trinajstić information content (AvgIpc) is 2.35. The highest BCUT2D eigenvalue weighted by molar-refractivity contribution is 7.82. The molecule has 0 aliphatic heterocycles. The van der Waals surface area contributed by atoms with E-state index in [4.69, 9.17) is 21.1 Å². The summed E-state index contributed by atoms with van der Waals surface area (Å²) >= 11 is 9.88. The van der Waals surface area contributed by atoms with Gasteiger partial charge in [0, 0.05) is 0 Å². The molecule has 0 saturated heterocycles. The largest absolute Gasteiger partial charge is 0.494 e. The molecule has 4 heteroatoms. The summed E-state index contributed by atoms with van der Waals surface area (Å²) in [4.78, 5) is 0. The van der Waals surface area contributed by atoms with Gasteiger partial charge in [0.1, 0.15) is 11.5 Å². The topological polar surface area (TPSA) is 18.5 Å². The fourth-order valence-electron chi connectivity index (χ4n) is 1.58. The zero-order valence-corrected chi connectivity index (χ0v) is 12.4. The molecule has 1 rings (SSSR count). The van der Waals surface area contributed by atoms with Crippen molar-refractivity contribution in [2.45, 2.75) is 37.3 Å². The highest BCUT2D eigenvalue weighted by Gasteiger charge is 1.98. The molecule has 0 aliphatic carbocycles. The van der Waals surface area contributed by atoms with Crippen LogP contribution in [0.2, 0.25) is 0 Å². The van der Waals surface area contributed by atoms with Gasteiger partial charge in [-0.3, -0.25) is 0 Å². The van der Waals surface area contributed by atoms with E-state index in [0.29, 0.717) is 6.61 Å². The van der Waals surface area contributed by atoms with Crippen LogP contribution in [0.4, 0.5) is 0 Å². The van der Waals surface area contributed by atoms with Gasteiger partial charge in [-0.2, -0.15) is 12.6 Å². The van der Waals surface area contributed by atoms with Crippen molar-refractivity contribution < 1.29 is 9.47 Å². The van der Waals surface area contributed by atoms with Gasteiger partial charge in [0.2, 0.25) is 0 Å². The first-order valence-corrected chi connectivity index (χ1v) is 7.35. The van der Waals surface area contributed by atoms with E-state index >= 15 is 0 Å². The standard InChI is InChI=1S/C14H21ClO2S/c1-2-16-12-7-9-13(10-8-12)17-11-5-3-4-6-14(15)18/h7-10,14,18H,2-6,11H2,1H3. The molecule has 1 aromatic rings. The Kier molecular flexibility index (Phi) is 8.10. The van der Waals surface area contributed by atoms with E-state index in [1.54, 1.807) is 0 Å². The lowest BCUT2D eigenvalue weighted by Crippen LogP contribution is -1.98. The summed E-state index contributed by atoms with van der Waals surface area (Å²) in [5.41, 5.74) is 0. The maximum atomic E-state index is 5.75. The smallest absolute Gasteiger partial charge is 0.119 e. The highest BCUT2D eigenvalue weighted by atomic mass is 35.5. The van der Waals surface area contributed by atoms with Crippen molar-refractivity contribution in [1.29, 1.82) is 0 Å². The van der Waals surface area contributed by atoms with Gasteiger partial charge >= 0.3 is 0 Å². The Morgan fingerprint density at radius 1 is 1.06 bits per heavy atom. The van der Waals surface area contributed by atoms with Gasteiger partial charge < -0.3 is 9.47 Å². The minimum atomic E-state index is -0.0166. The van der Waals surface area contributed by atoms with Crippen LogP contribution in [0.15, 0.2) is 24.3 Å². The zero-order chi connectivity index (χ0) is 13.2. The third-order valence-corrected chi connectivity index (χ3v) is 2.97. The molecule has 0 radical (unpaired) electrons. The lowest BCUT2D eigenvalue weighted by atomic mass is 10.2. The van der Waals surface area contributed by atoms with Crippen molar-refractivity contribution in [1.82, 2.24) is 0 Å². The van der Waals surface area contributed by atoms with Crippen LogP contribution in [-0.4, -0.2) is 17.9 Å². The fraction of sp³-hybridized carbons (Fsp3) is 0.571. The summed E-state index contributed by atoms with van der Waals surface area (Å²) in [5.74, 6) is 1.77. The highest BCUT2D eigenvalue weighted by Crippen LogP contribution is 2.18. The molecule has 1 atom stereocenters. The minimum absolute atomic E-state index is 0.0166. The monoisotopic (exact) mass is 288 g/mol. The summed E-state index contributed by atoms with van der Waals surface area (Å²) in [6.07, 6.45) is 4.23. The van der Waals surface area contributed by atoms with Crippen LogP contribution in [-0.2, 0) is 0 Å². The molecule has 0 spiro atoms. The Labute approximate surface area is 120 Å². The average molecular weight is 289 g/mol. The van der Waals surface area contributed by atoms with Crippen molar-refractivity contribution in [3.8, 4) is 11.5 Å². The molecular formula is C14H21ClO2S. The number of rotatable bonds is 9. The van der Waals surface area contributed by atoms with E-state index < -0.39 is 0 Å². The van der Waals surface area contributed by atoms with E-state index in [1.165, 1.54) is 0 Å².